The van der Waals surface area contributed by atoms with Gasteiger partial charge in [-0.2, -0.15) is 12.3 Å². The van der Waals surface area contributed by atoms with E-state index in [-0.39, 0.29) is 39.0 Å². The number of anilines is 1. The van der Waals surface area contributed by atoms with Crippen LogP contribution in [0, 0.1) is 5.41 Å². The van der Waals surface area contributed by atoms with Gasteiger partial charge in [0.25, 0.3) is 0 Å². The van der Waals surface area contributed by atoms with Gasteiger partial charge in [-0.3, -0.25) is 19.3 Å². The van der Waals surface area contributed by atoms with Crippen LogP contribution in [0.5, 0.6) is 0 Å². The number of quaternary nitrogens is 1. The molecule has 0 unspecified atom stereocenters. The maximum atomic E-state index is 15.9. The fraction of sp³-hybridized carbons (Fsp3) is 0.568. The molecule has 0 N–H and O–H groups in total. The van der Waals surface area contributed by atoms with Crippen molar-refractivity contribution in [2.45, 2.75) is 150 Å². The lowest BCUT2D eigenvalue weighted by Gasteiger charge is -2.39. The van der Waals surface area contributed by atoms with Crippen molar-refractivity contribution >= 4 is 38.9 Å². The largest absolute Gasteiger partial charge is 0.332 e. The van der Waals surface area contributed by atoms with E-state index in [4.69, 9.17) is 0 Å². The number of hydrogen-bond donors (Lipinski definition) is 0. The lowest BCUT2D eigenvalue weighted by atomic mass is 9.89. The second-order valence-electron chi connectivity index (χ2n) is 16.5. The van der Waals surface area contributed by atoms with Crippen LogP contribution in [0.2, 0.25) is 0 Å². The number of ketones is 2. The van der Waals surface area contributed by atoms with E-state index >= 15 is 8.42 Å². The summed E-state index contributed by atoms with van der Waals surface area (Å²) in [5.74, 6) is -0.931. The number of amides is 1. The van der Waals surface area contributed by atoms with Crippen LogP contribution in [0.3, 0.4) is 0 Å². The molecule has 8 heteroatoms. The monoisotopic (exact) mass is 733 g/mol. The van der Waals surface area contributed by atoms with Gasteiger partial charge in [0.05, 0.1) is 13.1 Å². The van der Waals surface area contributed by atoms with Gasteiger partial charge in [0.1, 0.15) is 16.3 Å². The minimum atomic E-state index is -4.06. The second-order valence-corrected chi connectivity index (χ2v) is 18.5. The number of carbonyl (C=O) groups excluding carboxylic acids is 3. The van der Waals surface area contributed by atoms with E-state index in [1.54, 1.807) is 32.9 Å². The van der Waals surface area contributed by atoms with Gasteiger partial charge in [0, 0.05) is 29.3 Å². The lowest BCUT2D eigenvalue weighted by Crippen LogP contribution is -2.55. The molecule has 3 rings (SSSR count). The van der Waals surface area contributed by atoms with E-state index < -0.39 is 21.2 Å². The van der Waals surface area contributed by atoms with Crippen LogP contribution in [-0.4, -0.2) is 39.0 Å². The van der Waals surface area contributed by atoms with Crippen LogP contribution in [0.1, 0.15) is 162 Å². The highest BCUT2D eigenvalue weighted by Gasteiger charge is 2.47. The zero-order valence-electron chi connectivity index (χ0n) is 33.8. The number of nitrogens with zero attached hydrogens (tertiary/aromatic N) is 2. The summed E-state index contributed by atoms with van der Waals surface area (Å²) < 4.78 is 31.6. The molecule has 0 fully saturated rings. The van der Waals surface area contributed by atoms with E-state index in [0.717, 1.165) is 68.1 Å². The maximum absolute atomic E-state index is 15.9. The first-order valence-electron chi connectivity index (χ1n) is 19.6. The summed E-state index contributed by atoms with van der Waals surface area (Å²) in [6, 6.07) is 11.4. The molecule has 0 saturated carbocycles. The minimum absolute atomic E-state index is 0.0129. The third kappa shape index (κ3) is 9.59. The van der Waals surface area contributed by atoms with Crippen molar-refractivity contribution in [1.29, 1.82) is 0 Å². The Labute approximate surface area is 315 Å². The predicted octanol–water partition coefficient (Wildman–Crippen LogP) is 10.9. The molecule has 0 aromatic heterocycles. The standard InChI is InChI=1S/C44H65N2O5S/c1-12-14-16-18-26-46(27-19-17-15-13-2,52(50,51)42-38(32(5)6)28-34(31(3)4)29-39(42)33(7)8)36-22-20-35(21-23-36)45(43(49)44(9,10)11)40-30-37(47)24-25-41(40)48/h20-25,28-33H,12-19,26-27H2,1-11H3/q+1. The molecule has 0 atom stereocenters. The highest BCUT2D eigenvalue weighted by Crippen LogP contribution is 2.43. The molecule has 286 valence electrons. The third-order valence-corrected chi connectivity index (χ3v) is 12.6. The molecule has 1 aliphatic rings. The number of hydrogen-bond acceptors (Lipinski definition) is 5. The van der Waals surface area contributed by atoms with Crippen LogP contribution in [0.25, 0.3) is 0 Å². The van der Waals surface area contributed by atoms with Crippen LogP contribution in [-0.2, 0) is 24.4 Å². The number of sulfonamides is 1. The van der Waals surface area contributed by atoms with Gasteiger partial charge >= 0.3 is 10.0 Å². The van der Waals surface area contributed by atoms with Crippen molar-refractivity contribution < 1.29 is 22.8 Å². The highest BCUT2D eigenvalue weighted by atomic mass is 32.2. The number of rotatable bonds is 18. The quantitative estimate of drug-likeness (QED) is 0.0864. The summed E-state index contributed by atoms with van der Waals surface area (Å²) in [5.41, 5.74) is 3.03. The SMILES string of the molecule is CCCCCC[N+](CCCCCC)(c1ccc(N(C(=O)C(C)(C)C)C2=CC(=O)C=CC2=O)cc1)S(=O)(=O)c1c(C(C)C)cc(C(C)C)cc1C(C)C. The number of unbranched alkanes of at least 4 members (excludes halogenated alkanes) is 6. The summed E-state index contributed by atoms with van der Waals surface area (Å²) in [7, 11) is -4.06. The van der Waals surface area contributed by atoms with Gasteiger partial charge in [-0.25, -0.2) is 0 Å². The minimum Gasteiger partial charge on any atom is -0.290 e. The fourth-order valence-corrected chi connectivity index (χ4v) is 9.62. The van der Waals surface area contributed by atoms with E-state index in [0.29, 0.717) is 29.4 Å². The molecule has 0 radical (unpaired) electrons. The molecule has 1 aliphatic carbocycles. The second kappa shape index (κ2) is 18.1. The third-order valence-electron chi connectivity index (χ3n) is 10.1. The van der Waals surface area contributed by atoms with Crippen LogP contribution in [0.4, 0.5) is 11.4 Å². The molecular formula is C44H65N2O5S+. The molecule has 1 amide bonds. The van der Waals surface area contributed by atoms with Crippen LogP contribution < -0.4 is 8.79 Å². The Balaban J connectivity index is 2.41. The molecule has 52 heavy (non-hydrogen) atoms. The first-order chi connectivity index (χ1) is 24.3. The average molecular weight is 734 g/mol. The molecule has 0 heterocycles. The average Bonchev–Trinajstić information content (AvgIpc) is 3.08. The van der Waals surface area contributed by atoms with Gasteiger partial charge in [-0.05, 0) is 84.4 Å². The lowest BCUT2D eigenvalue weighted by molar-refractivity contribution is -0.126. The molecule has 0 bridgehead atoms. The van der Waals surface area contributed by atoms with Crippen molar-refractivity contribution in [2.24, 2.45) is 5.41 Å². The van der Waals surface area contributed by atoms with Crippen molar-refractivity contribution in [3.05, 3.63) is 77.0 Å². The smallest absolute Gasteiger partial charge is 0.290 e. The normalized spacial score (nSPS) is 14.2. The van der Waals surface area contributed by atoms with Gasteiger partial charge < -0.3 is 0 Å². The van der Waals surface area contributed by atoms with E-state index in [9.17, 15) is 14.4 Å². The van der Waals surface area contributed by atoms with Crippen LogP contribution >= 0.6 is 0 Å². The van der Waals surface area contributed by atoms with Crippen molar-refractivity contribution in [3.63, 3.8) is 0 Å². The fourth-order valence-electron chi connectivity index (χ4n) is 6.95. The Bertz CT molecular complexity index is 1700. The summed E-state index contributed by atoms with van der Waals surface area (Å²) in [6.07, 6.45) is 11.0. The Morgan fingerprint density at radius 3 is 1.65 bits per heavy atom. The van der Waals surface area contributed by atoms with Gasteiger partial charge in [0.2, 0.25) is 11.7 Å². The summed E-state index contributed by atoms with van der Waals surface area (Å²) >= 11 is 0. The maximum Gasteiger partial charge on any atom is 0.332 e. The first-order valence-corrected chi connectivity index (χ1v) is 21.0. The molecule has 2 aromatic rings. The molecule has 2 aromatic carbocycles. The van der Waals surface area contributed by atoms with Crippen molar-refractivity contribution in [3.8, 4) is 0 Å². The van der Waals surface area contributed by atoms with Crippen LogP contribution in [0.15, 0.2) is 65.2 Å². The van der Waals surface area contributed by atoms with Gasteiger partial charge in [-0.1, -0.05) is 114 Å². The molecule has 0 saturated heterocycles. The van der Waals surface area contributed by atoms with E-state index in [1.165, 1.54) is 23.1 Å². The Kier molecular flexibility index (Phi) is 15.0. The van der Waals surface area contributed by atoms with Crippen molar-refractivity contribution in [2.75, 3.05) is 18.0 Å². The summed E-state index contributed by atoms with van der Waals surface area (Å²) in [6.45, 7) is 23.1. The first kappa shape index (κ1) is 43.0. The molecule has 7 nitrogen and oxygen atoms in total. The molecular weight excluding hydrogens is 669 g/mol. The topological polar surface area (TPSA) is 88.6 Å². The molecule has 0 aliphatic heterocycles. The number of carbonyl (C=O) groups is 3. The number of benzene rings is 2. The predicted molar refractivity (Wildman–Crippen MR) is 216 cm³/mol. The summed E-state index contributed by atoms with van der Waals surface area (Å²) in [5, 5.41) is 0. The molecule has 0 spiro atoms. The van der Waals surface area contributed by atoms with E-state index in [2.05, 4.69) is 67.5 Å². The van der Waals surface area contributed by atoms with Crippen molar-refractivity contribution in [1.82, 2.24) is 3.89 Å². The zero-order valence-corrected chi connectivity index (χ0v) is 34.7. The Morgan fingerprint density at radius 1 is 0.731 bits per heavy atom. The summed E-state index contributed by atoms with van der Waals surface area (Å²) in [4.78, 5) is 41.2. The van der Waals surface area contributed by atoms with Gasteiger partial charge in [-0.15, -0.1) is 0 Å². The Morgan fingerprint density at radius 2 is 1.23 bits per heavy atom. The number of allylic oxidation sites excluding steroid dienone is 3. The highest BCUT2D eigenvalue weighted by molar-refractivity contribution is 7.91. The van der Waals surface area contributed by atoms with Gasteiger partial charge in [0.15, 0.2) is 5.78 Å². The Hall–Kier alpha value is -3.36. The zero-order chi connectivity index (χ0) is 39.0. The van der Waals surface area contributed by atoms with E-state index in [1.807, 2.05) is 12.1 Å².